The fourth-order valence-electron chi connectivity index (χ4n) is 2.45. The van der Waals surface area contributed by atoms with Crippen molar-refractivity contribution in [3.8, 4) is 0 Å². The summed E-state index contributed by atoms with van der Waals surface area (Å²) in [6.45, 7) is 3.90. The first kappa shape index (κ1) is 14.1. The van der Waals surface area contributed by atoms with Crippen LogP contribution in [0.25, 0.3) is 0 Å². The Balaban J connectivity index is 2.13. The van der Waals surface area contributed by atoms with Gasteiger partial charge in [-0.1, -0.05) is 6.92 Å². The van der Waals surface area contributed by atoms with Crippen LogP contribution in [-0.2, 0) is 4.74 Å². The van der Waals surface area contributed by atoms with Crippen molar-refractivity contribution in [3.63, 3.8) is 0 Å². The summed E-state index contributed by atoms with van der Waals surface area (Å²) in [6, 6.07) is 2.32. The lowest BCUT2D eigenvalue weighted by molar-refractivity contribution is 0.0438. The summed E-state index contributed by atoms with van der Waals surface area (Å²) in [7, 11) is 0. The molecule has 3 nitrogen and oxygen atoms in total. The summed E-state index contributed by atoms with van der Waals surface area (Å²) in [5.74, 6) is -1.21. The van der Waals surface area contributed by atoms with Crippen molar-refractivity contribution in [3.05, 3.63) is 23.8 Å². The zero-order valence-corrected chi connectivity index (χ0v) is 11.2. The quantitative estimate of drug-likeness (QED) is 0.855. The summed E-state index contributed by atoms with van der Waals surface area (Å²) in [4.78, 5) is 1.72. The number of nitrogens with zero attached hydrogens (tertiary/aromatic N) is 1. The van der Waals surface area contributed by atoms with E-state index in [1.54, 1.807) is 4.90 Å². The number of rotatable bonds is 4. The number of piperidine rings is 1. The second-order valence-electron chi connectivity index (χ2n) is 4.91. The number of nitrogens with two attached hydrogens (primary N) is 1. The van der Waals surface area contributed by atoms with E-state index in [4.69, 9.17) is 10.5 Å². The lowest BCUT2D eigenvalue weighted by Gasteiger charge is -2.34. The fraction of sp³-hybridized carbons (Fsp3) is 0.571. The molecule has 1 unspecified atom stereocenters. The number of nitrogen functional groups attached to an aromatic ring is 1. The number of hydrogen-bond donors (Lipinski definition) is 1. The Morgan fingerprint density at radius 1 is 1.37 bits per heavy atom. The van der Waals surface area contributed by atoms with Crippen molar-refractivity contribution in [2.75, 3.05) is 30.3 Å². The van der Waals surface area contributed by atoms with Crippen LogP contribution in [0, 0.1) is 11.6 Å². The molecule has 0 saturated carbocycles. The zero-order chi connectivity index (χ0) is 13.8. The molecular weight excluding hydrogens is 250 g/mol. The van der Waals surface area contributed by atoms with Gasteiger partial charge < -0.3 is 15.4 Å². The second-order valence-corrected chi connectivity index (χ2v) is 4.91. The van der Waals surface area contributed by atoms with Crippen LogP contribution in [-0.4, -0.2) is 25.8 Å². The highest BCUT2D eigenvalue weighted by Crippen LogP contribution is 2.29. The number of halogens is 2. The van der Waals surface area contributed by atoms with Crippen molar-refractivity contribution >= 4 is 11.4 Å². The molecule has 1 aliphatic heterocycles. The molecule has 1 saturated heterocycles. The van der Waals surface area contributed by atoms with Crippen molar-refractivity contribution in [1.29, 1.82) is 0 Å². The van der Waals surface area contributed by atoms with Crippen LogP contribution in [0.1, 0.15) is 26.2 Å². The van der Waals surface area contributed by atoms with E-state index in [0.717, 1.165) is 31.4 Å². The van der Waals surface area contributed by atoms with Gasteiger partial charge in [0.05, 0.1) is 6.10 Å². The molecule has 1 heterocycles. The molecule has 2 rings (SSSR count). The van der Waals surface area contributed by atoms with E-state index in [2.05, 4.69) is 0 Å². The molecule has 0 bridgehead atoms. The number of hydrogen-bond acceptors (Lipinski definition) is 3. The van der Waals surface area contributed by atoms with Crippen LogP contribution < -0.4 is 10.6 Å². The third-order valence-electron chi connectivity index (χ3n) is 3.29. The van der Waals surface area contributed by atoms with Crippen LogP contribution in [0.5, 0.6) is 0 Å². The fourth-order valence-corrected chi connectivity index (χ4v) is 2.45. The van der Waals surface area contributed by atoms with Gasteiger partial charge in [0.25, 0.3) is 0 Å². The number of anilines is 2. The molecule has 106 valence electrons. The Hall–Kier alpha value is -1.36. The smallest absolute Gasteiger partial charge is 0.151 e. The molecule has 1 aliphatic rings. The minimum atomic E-state index is -0.603. The van der Waals surface area contributed by atoms with Gasteiger partial charge in [0.2, 0.25) is 0 Å². The maximum atomic E-state index is 13.9. The van der Waals surface area contributed by atoms with E-state index in [9.17, 15) is 8.78 Å². The van der Waals surface area contributed by atoms with Crippen LogP contribution in [0.4, 0.5) is 20.2 Å². The van der Waals surface area contributed by atoms with E-state index in [1.165, 1.54) is 0 Å². The lowest BCUT2D eigenvalue weighted by Crippen LogP contribution is -2.40. The number of benzene rings is 1. The Bertz CT molecular complexity index is 416. The summed E-state index contributed by atoms with van der Waals surface area (Å²) in [6.07, 6.45) is 2.80. The minimum Gasteiger partial charge on any atom is -0.399 e. The van der Waals surface area contributed by atoms with Gasteiger partial charge in [-0.3, -0.25) is 0 Å². The van der Waals surface area contributed by atoms with E-state index in [-0.39, 0.29) is 17.5 Å². The Morgan fingerprint density at radius 2 is 2.05 bits per heavy atom. The predicted octanol–water partition coefficient (Wildman–Crippen LogP) is 2.94. The molecule has 2 N–H and O–H groups in total. The molecule has 19 heavy (non-hydrogen) atoms. The molecule has 1 aromatic carbocycles. The molecule has 0 spiro atoms. The minimum absolute atomic E-state index is 0.0130. The Labute approximate surface area is 112 Å². The first-order valence-corrected chi connectivity index (χ1v) is 6.73. The first-order chi connectivity index (χ1) is 9.11. The van der Waals surface area contributed by atoms with Gasteiger partial charge in [-0.2, -0.15) is 0 Å². The van der Waals surface area contributed by atoms with Crippen molar-refractivity contribution in [2.45, 2.75) is 32.3 Å². The van der Waals surface area contributed by atoms with E-state index in [0.29, 0.717) is 19.7 Å². The molecule has 1 fully saturated rings. The van der Waals surface area contributed by atoms with Crippen LogP contribution in [0.3, 0.4) is 0 Å². The normalized spacial score (nSPS) is 19.7. The zero-order valence-electron chi connectivity index (χ0n) is 11.2. The van der Waals surface area contributed by atoms with Gasteiger partial charge >= 0.3 is 0 Å². The molecule has 1 aromatic rings. The third-order valence-corrected chi connectivity index (χ3v) is 3.29. The highest BCUT2D eigenvalue weighted by molar-refractivity contribution is 5.56. The van der Waals surface area contributed by atoms with Gasteiger partial charge in [-0.05, 0) is 31.4 Å². The molecular formula is C14H20F2N2O. The third kappa shape index (κ3) is 3.35. The summed E-state index contributed by atoms with van der Waals surface area (Å²) in [5, 5.41) is 0. The molecule has 0 aromatic heterocycles. The topological polar surface area (TPSA) is 38.5 Å². The molecule has 0 aliphatic carbocycles. The van der Waals surface area contributed by atoms with Crippen molar-refractivity contribution in [1.82, 2.24) is 0 Å². The maximum Gasteiger partial charge on any atom is 0.151 e. The largest absolute Gasteiger partial charge is 0.399 e. The standard InChI is InChI=1S/C14H20F2N2O/c1-2-6-19-11-4-3-5-18(9-11)14-12(15)7-10(17)8-13(14)16/h7-8,11H,2-6,9,17H2,1H3. The first-order valence-electron chi connectivity index (χ1n) is 6.73. The van der Waals surface area contributed by atoms with E-state index in [1.807, 2.05) is 6.92 Å². The van der Waals surface area contributed by atoms with Gasteiger partial charge in [0.15, 0.2) is 11.6 Å². The molecule has 1 atom stereocenters. The van der Waals surface area contributed by atoms with Gasteiger partial charge in [-0.25, -0.2) is 8.78 Å². The summed E-state index contributed by atoms with van der Waals surface area (Å²) < 4.78 is 33.4. The lowest BCUT2D eigenvalue weighted by atomic mass is 10.1. The molecule has 5 heteroatoms. The molecule has 0 amide bonds. The Kier molecular flexibility index (Phi) is 4.58. The highest BCUT2D eigenvalue weighted by atomic mass is 19.1. The van der Waals surface area contributed by atoms with E-state index >= 15 is 0 Å². The average Bonchev–Trinajstić information content (AvgIpc) is 2.35. The van der Waals surface area contributed by atoms with E-state index < -0.39 is 11.6 Å². The van der Waals surface area contributed by atoms with Crippen molar-refractivity contribution < 1.29 is 13.5 Å². The second kappa shape index (κ2) is 6.19. The van der Waals surface area contributed by atoms with Crippen LogP contribution in [0.15, 0.2) is 12.1 Å². The predicted molar refractivity (Wildman–Crippen MR) is 72.2 cm³/mol. The number of ether oxygens (including phenoxy) is 1. The monoisotopic (exact) mass is 270 g/mol. The molecule has 0 radical (unpaired) electrons. The van der Waals surface area contributed by atoms with Crippen LogP contribution in [0.2, 0.25) is 0 Å². The highest BCUT2D eigenvalue weighted by Gasteiger charge is 2.25. The average molecular weight is 270 g/mol. The van der Waals surface area contributed by atoms with Gasteiger partial charge in [-0.15, -0.1) is 0 Å². The Morgan fingerprint density at radius 3 is 2.68 bits per heavy atom. The van der Waals surface area contributed by atoms with Crippen molar-refractivity contribution in [2.24, 2.45) is 0 Å². The summed E-state index contributed by atoms with van der Waals surface area (Å²) in [5.41, 5.74) is 5.55. The summed E-state index contributed by atoms with van der Waals surface area (Å²) >= 11 is 0. The van der Waals surface area contributed by atoms with Gasteiger partial charge in [0.1, 0.15) is 5.69 Å². The van der Waals surface area contributed by atoms with Gasteiger partial charge in [0, 0.05) is 25.4 Å². The maximum absolute atomic E-state index is 13.9. The SMILES string of the molecule is CCCOC1CCCN(c2c(F)cc(N)cc2F)C1. The van der Waals surface area contributed by atoms with Crippen LogP contribution >= 0.6 is 0 Å².